The van der Waals surface area contributed by atoms with E-state index in [0.717, 1.165) is 18.7 Å². The van der Waals surface area contributed by atoms with Crippen LogP contribution in [0.2, 0.25) is 0 Å². The van der Waals surface area contributed by atoms with Gasteiger partial charge in [0, 0.05) is 42.9 Å². The Kier molecular flexibility index (Phi) is 5.82. The van der Waals surface area contributed by atoms with Crippen LogP contribution in [0, 0.1) is 0 Å². The van der Waals surface area contributed by atoms with Crippen LogP contribution in [-0.4, -0.2) is 19.7 Å². The van der Waals surface area contributed by atoms with Gasteiger partial charge < -0.3 is 0 Å². The second kappa shape index (κ2) is 8.26. The quantitative estimate of drug-likeness (QED) is 0.607. The molecule has 2 unspecified atom stereocenters. The van der Waals surface area contributed by atoms with E-state index in [1.54, 1.807) is 0 Å². The summed E-state index contributed by atoms with van der Waals surface area (Å²) in [4.78, 5) is 8.80. The van der Waals surface area contributed by atoms with Crippen LogP contribution in [0.4, 0.5) is 0 Å². The topological polar surface area (TPSA) is 43.6 Å². The minimum absolute atomic E-state index is 0.394. The summed E-state index contributed by atoms with van der Waals surface area (Å²) in [7, 11) is 0. The summed E-state index contributed by atoms with van der Waals surface area (Å²) >= 11 is 0. The van der Waals surface area contributed by atoms with Crippen LogP contribution in [0.5, 0.6) is 0 Å². The van der Waals surface area contributed by atoms with Crippen LogP contribution < -0.4 is 0 Å². The summed E-state index contributed by atoms with van der Waals surface area (Å²) in [6.07, 6.45) is 10.8. The highest BCUT2D eigenvalue weighted by atomic mass is 15.3. The smallest absolute Gasteiger partial charge is 0.0524 e. The molecule has 3 rings (SSSR count). The van der Waals surface area contributed by atoms with Crippen molar-refractivity contribution in [2.24, 2.45) is 0 Å². The molecule has 0 fully saturated rings. The first-order valence-electron chi connectivity index (χ1n) is 9.40. The maximum absolute atomic E-state index is 4.58. The second-order valence-electron chi connectivity index (χ2n) is 7.52. The van der Waals surface area contributed by atoms with E-state index in [2.05, 4.69) is 71.8 Å². The Balaban J connectivity index is 1.67. The number of nitrogens with zero attached hydrogens (tertiary/aromatic N) is 4. The highest BCUT2D eigenvalue weighted by molar-refractivity contribution is 5.23. The van der Waals surface area contributed by atoms with E-state index in [1.165, 1.54) is 16.7 Å². The minimum Gasteiger partial charge on any atom is -0.272 e. The highest BCUT2D eigenvalue weighted by Crippen LogP contribution is 2.22. The van der Waals surface area contributed by atoms with Crippen LogP contribution in [0.15, 0.2) is 55.2 Å². The van der Waals surface area contributed by atoms with Crippen molar-refractivity contribution in [3.05, 3.63) is 77.6 Å². The monoisotopic (exact) mass is 348 g/mol. The van der Waals surface area contributed by atoms with Crippen LogP contribution >= 0.6 is 0 Å². The van der Waals surface area contributed by atoms with Crippen LogP contribution in [0.25, 0.3) is 0 Å². The van der Waals surface area contributed by atoms with Crippen molar-refractivity contribution in [1.82, 2.24) is 19.7 Å². The van der Waals surface area contributed by atoms with Gasteiger partial charge in [0.2, 0.25) is 0 Å². The lowest BCUT2D eigenvalue weighted by molar-refractivity contribution is 0.541. The molecule has 0 saturated heterocycles. The molecule has 136 valence electrons. The normalized spacial score (nSPS) is 13.7. The summed E-state index contributed by atoms with van der Waals surface area (Å²) in [6.45, 7) is 9.76. The summed E-state index contributed by atoms with van der Waals surface area (Å²) in [6, 6.07) is 8.49. The molecular weight excluding hydrogens is 320 g/mol. The molecule has 3 aromatic heterocycles. The average molecular weight is 348 g/mol. The number of rotatable bonds is 7. The maximum atomic E-state index is 4.58. The van der Waals surface area contributed by atoms with Crippen molar-refractivity contribution in [3.8, 4) is 0 Å². The Hall–Kier alpha value is -2.49. The van der Waals surface area contributed by atoms with Gasteiger partial charge in [0.05, 0.1) is 6.20 Å². The van der Waals surface area contributed by atoms with Gasteiger partial charge in [0.1, 0.15) is 0 Å². The predicted octanol–water partition coefficient (Wildman–Crippen LogP) is 4.95. The van der Waals surface area contributed by atoms with Crippen LogP contribution in [0.3, 0.4) is 0 Å². The molecule has 0 N–H and O–H groups in total. The molecule has 0 aliphatic rings. The Morgan fingerprint density at radius 2 is 1.77 bits per heavy atom. The Bertz CT molecular complexity index is 823. The zero-order valence-electron chi connectivity index (χ0n) is 16.1. The zero-order valence-corrected chi connectivity index (χ0v) is 16.1. The van der Waals surface area contributed by atoms with Crippen LogP contribution in [-0.2, 0) is 13.0 Å². The Morgan fingerprint density at radius 3 is 2.46 bits per heavy atom. The first-order chi connectivity index (χ1) is 12.5. The number of hydrogen-bond donors (Lipinski definition) is 0. The fourth-order valence-corrected chi connectivity index (χ4v) is 3.18. The lowest BCUT2D eigenvalue weighted by atomic mass is 9.95. The van der Waals surface area contributed by atoms with Gasteiger partial charge in [0.25, 0.3) is 0 Å². The fraction of sp³-hybridized carbons (Fsp3) is 0.409. The van der Waals surface area contributed by atoms with E-state index < -0.39 is 0 Å². The molecule has 4 nitrogen and oxygen atoms in total. The summed E-state index contributed by atoms with van der Waals surface area (Å²) in [5, 5.41) is 4.51. The number of pyridine rings is 2. The lowest BCUT2D eigenvalue weighted by Crippen LogP contribution is -2.08. The van der Waals surface area contributed by atoms with E-state index >= 15 is 0 Å². The molecule has 0 aliphatic carbocycles. The fourth-order valence-electron chi connectivity index (χ4n) is 3.18. The predicted molar refractivity (Wildman–Crippen MR) is 105 cm³/mol. The Labute approximate surface area is 156 Å². The third-order valence-electron chi connectivity index (χ3n) is 4.96. The number of aromatic nitrogens is 4. The molecule has 3 heterocycles. The van der Waals surface area contributed by atoms with Gasteiger partial charge in [-0.25, -0.2) is 0 Å². The Morgan fingerprint density at radius 1 is 0.923 bits per heavy atom. The van der Waals surface area contributed by atoms with E-state index in [1.807, 2.05) is 30.9 Å². The molecule has 0 amide bonds. The van der Waals surface area contributed by atoms with Crippen molar-refractivity contribution in [1.29, 1.82) is 0 Å². The molecule has 26 heavy (non-hydrogen) atoms. The van der Waals surface area contributed by atoms with Crippen molar-refractivity contribution in [2.75, 3.05) is 0 Å². The summed E-state index contributed by atoms with van der Waals surface area (Å²) < 4.78 is 2.05. The van der Waals surface area contributed by atoms with Gasteiger partial charge in [-0.1, -0.05) is 33.8 Å². The average Bonchev–Trinajstić information content (AvgIpc) is 3.11. The van der Waals surface area contributed by atoms with Gasteiger partial charge in [-0.15, -0.1) is 0 Å². The first-order valence-corrected chi connectivity index (χ1v) is 9.40. The zero-order chi connectivity index (χ0) is 18.5. The highest BCUT2D eigenvalue weighted by Gasteiger charge is 2.12. The van der Waals surface area contributed by atoms with Crippen LogP contribution in [0.1, 0.15) is 67.8 Å². The SMILES string of the molecule is CC(C)c1cnn(CC(C)c2ccnc(CC(C)c3cccnc3)c2)c1. The second-order valence-corrected chi connectivity index (χ2v) is 7.52. The molecule has 0 radical (unpaired) electrons. The third-order valence-corrected chi connectivity index (χ3v) is 4.96. The largest absolute Gasteiger partial charge is 0.272 e. The van der Waals surface area contributed by atoms with Crippen molar-refractivity contribution in [2.45, 2.75) is 58.4 Å². The van der Waals surface area contributed by atoms with E-state index in [-0.39, 0.29) is 0 Å². The number of hydrogen-bond acceptors (Lipinski definition) is 3. The molecule has 2 atom stereocenters. The van der Waals surface area contributed by atoms with Gasteiger partial charge in [-0.3, -0.25) is 14.6 Å². The van der Waals surface area contributed by atoms with Crippen molar-refractivity contribution >= 4 is 0 Å². The molecule has 3 aromatic rings. The molecule has 0 saturated carbocycles. The van der Waals surface area contributed by atoms with E-state index in [0.29, 0.717) is 17.8 Å². The van der Waals surface area contributed by atoms with Crippen molar-refractivity contribution < 1.29 is 0 Å². The van der Waals surface area contributed by atoms with E-state index in [4.69, 9.17) is 0 Å². The van der Waals surface area contributed by atoms with E-state index in [9.17, 15) is 0 Å². The third kappa shape index (κ3) is 4.57. The molecule has 0 aliphatic heterocycles. The van der Waals surface area contributed by atoms with Gasteiger partial charge in [-0.05, 0) is 53.1 Å². The molecule has 0 aromatic carbocycles. The first kappa shape index (κ1) is 18.3. The minimum atomic E-state index is 0.394. The molecule has 0 spiro atoms. The summed E-state index contributed by atoms with van der Waals surface area (Å²) in [5.41, 5.74) is 4.99. The van der Waals surface area contributed by atoms with Gasteiger partial charge in [-0.2, -0.15) is 5.10 Å². The molecular formula is C22H28N4. The van der Waals surface area contributed by atoms with Gasteiger partial charge in [0.15, 0.2) is 0 Å². The molecule has 4 heteroatoms. The molecule has 0 bridgehead atoms. The standard InChI is InChI=1S/C22H28N4/c1-16(2)21-13-25-26(15-21)14-18(4)19-7-9-24-22(11-19)10-17(3)20-6-5-8-23-12-20/h5-9,11-13,15-18H,10,14H2,1-4H3. The van der Waals surface area contributed by atoms with Crippen molar-refractivity contribution in [3.63, 3.8) is 0 Å². The maximum Gasteiger partial charge on any atom is 0.0524 e. The lowest BCUT2D eigenvalue weighted by Gasteiger charge is -2.15. The van der Waals surface area contributed by atoms with Gasteiger partial charge >= 0.3 is 0 Å². The summed E-state index contributed by atoms with van der Waals surface area (Å²) in [5.74, 6) is 1.31.